The number of phenolic OH excluding ortho intramolecular Hbond substituents is 1. The van der Waals surface area contributed by atoms with E-state index >= 15 is 0 Å². The average Bonchev–Trinajstić information content (AvgIpc) is 2.62. The molecule has 0 aliphatic carbocycles. The highest BCUT2D eigenvalue weighted by molar-refractivity contribution is 8.18. The van der Waals surface area contributed by atoms with Gasteiger partial charge >= 0.3 is 0 Å². The van der Waals surface area contributed by atoms with Gasteiger partial charge in [-0.05, 0) is 48.0 Å². The number of imide groups is 1. The van der Waals surface area contributed by atoms with Crippen molar-refractivity contribution in [1.82, 2.24) is 5.32 Å². The van der Waals surface area contributed by atoms with Crippen LogP contribution in [0.1, 0.15) is 11.1 Å². The normalized spacial score (nSPS) is 17.1. The number of aromatic hydroxyl groups is 1. The number of ether oxygens (including phenoxy) is 1. The maximum atomic E-state index is 11.4. The van der Waals surface area contributed by atoms with Crippen LogP contribution in [0.4, 0.5) is 4.79 Å². The zero-order valence-corrected chi connectivity index (χ0v) is 10.6. The molecular formula is C12H11NO4S. The number of benzene rings is 1. The summed E-state index contributed by atoms with van der Waals surface area (Å²) in [5.74, 6) is -0.00877. The second kappa shape index (κ2) is 4.73. The van der Waals surface area contributed by atoms with Crippen LogP contribution in [-0.2, 0) is 4.79 Å². The first-order chi connectivity index (χ1) is 8.51. The molecule has 1 saturated heterocycles. The lowest BCUT2D eigenvalue weighted by Gasteiger charge is -2.07. The Morgan fingerprint density at radius 1 is 1.39 bits per heavy atom. The lowest BCUT2D eigenvalue weighted by atomic mass is 10.1. The quantitative estimate of drug-likeness (QED) is 0.800. The van der Waals surface area contributed by atoms with Gasteiger partial charge in [-0.25, -0.2) is 0 Å². The van der Waals surface area contributed by atoms with E-state index in [1.165, 1.54) is 7.11 Å². The molecule has 0 atom stereocenters. The summed E-state index contributed by atoms with van der Waals surface area (Å²) in [5.41, 5.74) is 1.32. The van der Waals surface area contributed by atoms with E-state index in [9.17, 15) is 14.7 Å². The molecule has 0 spiro atoms. The molecule has 2 N–H and O–H groups in total. The fourth-order valence-electron chi connectivity index (χ4n) is 1.59. The van der Waals surface area contributed by atoms with Crippen LogP contribution in [0.5, 0.6) is 11.5 Å². The number of methoxy groups -OCH3 is 1. The summed E-state index contributed by atoms with van der Waals surface area (Å²) in [6.07, 6.45) is 1.58. The molecular weight excluding hydrogens is 254 g/mol. The van der Waals surface area contributed by atoms with Crippen LogP contribution >= 0.6 is 11.8 Å². The second-order valence-corrected chi connectivity index (χ2v) is 4.76. The van der Waals surface area contributed by atoms with E-state index in [1.807, 2.05) is 0 Å². The van der Waals surface area contributed by atoms with Crippen LogP contribution in [0.2, 0.25) is 0 Å². The van der Waals surface area contributed by atoms with Crippen LogP contribution in [0.15, 0.2) is 17.0 Å². The maximum Gasteiger partial charge on any atom is 0.290 e. The Kier molecular flexibility index (Phi) is 3.29. The highest BCUT2D eigenvalue weighted by Gasteiger charge is 2.25. The van der Waals surface area contributed by atoms with Crippen molar-refractivity contribution in [3.8, 4) is 11.5 Å². The molecule has 0 radical (unpaired) electrons. The molecule has 94 valence electrons. The van der Waals surface area contributed by atoms with Gasteiger partial charge in [0, 0.05) is 0 Å². The lowest BCUT2D eigenvalue weighted by Crippen LogP contribution is -2.17. The third-order valence-electron chi connectivity index (χ3n) is 2.45. The summed E-state index contributed by atoms with van der Waals surface area (Å²) in [5, 5.41) is 11.5. The Morgan fingerprint density at radius 3 is 2.67 bits per heavy atom. The number of aryl methyl sites for hydroxylation is 1. The van der Waals surface area contributed by atoms with Gasteiger partial charge < -0.3 is 9.84 Å². The largest absolute Gasteiger partial charge is 0.504 e. The number of carbonyl (C=O) groups is 2. The number of carbonyl (C=O) groups excluding carboxylic acids is 2. The molecule has 1 aliphatic rings. The van der Waals surface area contributed by atoms with Gasteiger partial charge in [0.25, 0.3) is 11.1 Å². The third-order valence-corrected chi connectivity index (χ3v) is 3.26. The molecule has 1 aliphatic heterocycles. The van der Waals surface area contributed by atoms with E-state index in [-0.39, 0.29) is 11.0 Å². The maximum absolute atomic E-state index is 11.4. The van der Waals surface area contributed by atoms with Crippen molar-refractivity contribution in [2.45, 2.75) is 6.92 Å². The number of hydrogen-bond acceptors (Lipinski definition) is 5. The van der Waals surface area contributed by atoms with Gasteiger partial charge in [-0.15, -0.1) is 0 Å². The fourth-order valence-corrected chi connectivity index (χ4v) is 2.27. The van der Waals surface area contributed by atoms with Gasteiger partial charge in [-0.3, -0.25) is 14.9 Å². The van der Waals surface area contributed by atoms with E-state index < -0.39 is 5.91 Å². The van der Waals surface area contributed by atoms with Crippen molar-refractivity contribution in [1.29, 1.82) is 0 Å². The lowest BCUT2D eigenvalue weighted by molar-refractivity contribution is -0.115. The third kappa shape index (κ3) is 2.33. The summed E-state index contributed by atoms with van der Waals surface area (Å²) < 4.78 is 5.03. The summed E-state index contributed by atoms with van der Waals surface area (Å²) in [4.78, 5) is 22.7. The number of thioether (sulfide) groups is 1. The molecule has 2 rings (SSSR count). The van der Waals surface area contributed by atoms with Crippen LogP contribution in [0.3, 0.4) is 0 Å². The van der Waals surface area contributed by atoms with Gasteiger partial charge in [0.15, 0.2) is 11.5 Å². The van der Waals surface area contributed by atoms with Crippen LogP contribution in [-0.4, -0.2) is 23.4 Å². The molecule has 0 saturated carbocycles. The molecule has 0 unspecified atom stereocenters. The SMILES string of the molecule is COc1cc(/C=C2\SC(=O)NC2=O)cc(C)c1O. The van der Waals surface area contributed by atoms with Gasteiger partial charge in [-0.2, -0.15) is 0 Å². The first kappa shape index (κ1) is 12.5. The minimum atomic E-state index is -0.408. The summed E-state index contributed by atoms with van der Waals surface area (Å²) in [7, 11) is 1.45. The van der Waals surface area contributed by atoms with E-state index in [2.05, 4.69) is 5.32 Å². The van der Waals surface area contributed by atoms with E-state index in [4.69, 9.17) is 4.74 Å². The van der Waals surface area contributed by atoms with Crippen molar-refractivity contribution in [2.24, 2.45) is 0 Å². The highest BCUT2D eigenvalue weighted by atomic mass is 32.2. The molecule has 0 bridgehead atoms. The Hall–Kier alpha value is -1.95. The monoisotopic (exact) mass is 265 g/mol. The Balaban J connectivity index is 2.41. The minimum absolute atomic E-state index is 0.0688. The van der Waals surface area contributed by atoms with Gasteiger partial charge in [0.2, 0.25) is 0 Å². The molecule has 1 aromatic rings. The highest BCUT2D eigenvalue weighted by Crippen LogP contribution is 2.33. The van der Waals surface area contributed by atoms with Gasteiger partial charge in [0.05, 0.1) is 12.0 Å². The standard InChI is InChI=1S/C12H11NO4S/c1-6-3-7(4-8(17-2)10(6)14)5-9-11(15)13-12(16)18-9/h3-5,14H,1-2H3,(H,13,15,16)/b9-5-. The molecule has 6 heteroatoms. The van der Waals surface area contributed by atoms with Crippen molar-refractivity contribution in [2.75, 3.05) is 7.11 Å². The molecule has 5 nitrogen and oxygen atoms in total. The smallest absolute Gasteiger partial charge is 0.290 e. The summed E-state index contributed by atoms with van der Waals surface area (Å²) in [6.45, 7) is 1.73. The number of hydrogen-bond donors (Lipinski definition) is 2. The van der Waals surface area contributed by atoms with Crippen molar-refractivity contribution >= 4 is 29.0 Å². The molecule has 0 aromatic heterocycles. The molecule has 1 heterocycles. The zero-order valence-electron chi connectivity index (χ0n) is 9.81. The Labute approximate surface area is 108 Å². The number of amides is 2. The first-order valence-corrected chi connectivity index (χ1v) is 5.95. The summed E-state index contributed by atoms with van der Waals surface area (Å²) >= 11 is 0.850. The first-order valence-electron chi connectivity index (χ1n) is 5.13. The zero-order chi connectivity index (χ0) is 13.3. The van der Waals surface area contributed by atoms with Crippen LogP contribution < -0.4 is 10.1 Å². The topological polar surface area (TPSA) is 75.6 Å². The number of phenols is 1. The van der Waals surface area contributed by atoms with Crippen molar-refractivity contribution in [3.63, 3.8) is 0 Å². The second-order valence-electron chi connectivity index (χ2n) is 3.74. The van der Waals surface area contributed by atoms with Gasteiger partial charge in [0.1, 0.15) is 0 Å². The molecule has 18 heavy (non-hydrogen) atoms. The van der Waals surface area contributed by atoms with Crippen molar-refractivity contribution in [3.05, 3.63) is 28.2 Å². The van der Waals surface area contributed by atoms with Crippen LogP contribution in [0, 0.1) is 6.92 Å². The Bertz CT molecular complexity index is 565. The van der Waals surface area contributed by atoms with E-state index in [1.54, 1.807) is 25.1 Å². The predicted octanol–water partition coefficient (Wildman–Crippen LogP) is 2.03. The molecule has 1 fully saturated rings. The van der Waals surface area contributed by atoms with Gasteiger partial charge in [-0.1, -0.05) is 0 Å². The van der Waals surface area contributed by atoms with E-state index in [0.29, 0.717) is 21.8 Å². The van der Waals surface area contributed by atoms with Crippen molar-refractivity contribution < 1.29 is 19.4 Å². The minimum Gasteiger partial charge on any atom is -0.504 e. The van der Waals surface area contributed by atoms with E-state index in [0.717, 1.165) is 11.8 Å². The fraction of sp³-hybridized carbons (Fsp3) is 0.167. The molecule has 2 amide bonds. The molecule has 1 aromatic carbocycles. The Morgan fingerprint density at radius 2 is 2.11 bits per heavy atom. The summed E-state index contributed by atoms with van der Waals surface area (Å²) in [6, 6.07) is 3.31. The number of rotatable bonds is 2. The number of nitrogens with one attached hydrogen (secondary N) is 1. The predicted molar refractivity (Wildman–Crippen MR) is 68.5 cm³/mol. The van der Waals surface area contributed by atoms with Crippen LogP contribution in [0.25, 0.3) is 6.08 Å². The average molecular weight is 265 g/mol.